The van der Waals surface area contributed by atoms with Gasteiger partial charge in [-0.1, -0.05) is 224 Å². The Morgan fingerprint density at radius 3 is 1.15 bits per heavy atom. The summed E-state index contributed by atoms with van der Waals surface area (Å²) in [5, 5.41) is 120. The zero-order chi connectivity index (χ0) is 61.2. The van der Waals surface area contributed by atoms with Crippen molar-refractivity contribution in [2.45, 2.75) is 356 Å². The number of hydrogen-bond acceptors (Lipinski definition) is 18. The molecular formula is C65H121NO18. The second kappa shape index (κ2) is 48.2. The van der Waals surface area contributed by atoms with Crippen LogP contribution in [0.15, 0.2) is 24.3 Å². The maximum atomic E-state index is 13.4. The summed E-state index contributed by atoms with van der Waals surface area (Å²) in [6, 6.07) is -0.972. The van der Waals surface area contributed by atoms with Gasteiger partial charge in [0.1, 0.15) is 73.2 Å². The summed E-state index contributed by atoms with van der Waals surface area (Å²) in [6.07, 6.45) is 25.7. The van der Waals surface area contributed by atoms with Crippen LogP contribution in [0.2, 0.25) is 0 Å². The van der Waals surface area contributed by atoms with Gasteiger partial charge in [-0.25, -0.2) is 0 Å². The molecule has 19 nitrogen and oxygen atoms in total. The lowest BCUT2D eigenvalue weighted by atomic mass is 9.96. The number of rotatable bonds is 51. The van der Waals surface area contributed by atoms with Gasteiger partial charge >= 0.3 is 0 Å². The van der Waals surface area contributed by atoms with Gasteiger partial charge in [0, 0.05) is 6.42 Å². The predicted octanol–water partition coefficient (Wildman–Crippen LogP) is 7.88. The average molecular weight is 1200 g/mol. The van der Waals surface area contributed by atoms with Crippen molar-refractivity contribution >= 4 is 5.91 Å². The van der Waals surface area contributed by atoms with Crippen LogP contribution in [0.3, 0.4) is 0 Å². The molecule has 0 aliphatic carbocycles. The fourth-order valence-electron chi connectivity index (χ4n) is 11.5. The number of carbonyl (C=O) groups excluding carboxylic acids is 1. The van der Waals surface area contributed by atoms with Crippen molar-refractivity contribution in [2.24, 2.45) is 0 Å². The Morgan fingerprint density at radius 1 is 0.417 bits per heavy atom. The number of carbonyl (C=O) groups is 1. The van der Waals surface area contributed by atoms with Crippen LogP contribution in [0.5, 0.6) is 0 Å². The Labute approximate surface area is 505 Å². The van der Waals surface area contributed by atoms with Crippen LogP contribution in [-0.2, 0) is 33.2 Å². The molecule has 0 aromatic heterocycles. The fraction of sp³-hybridized carbons (Fsp3) is 0.923. The highest BCUT2D eigenvalue weighted by Crippen LogP contribution is 2.33. The smallest absolute Gasteiger partial charge is 0.220 e. The molecular weight excluding hydrogens is 1080 g/mol. The van der Waals surface area contributed by atoms with E-state index in [1.54, 1.807) is 6.08 Å². The number of nitrogens with one attached hydrogen (secondary N) is 1. The van der Waals surface area contributed by atoms with Crippen LogP contribution < -0.4 is 5.32 Å². The molecule has 3 saturated heterocycles. The maximum Gasteiger partial charge on any atom is 0.220 e. The van der Waals surface area contributed by atoms with Gasteiger partial charge < -0.3 is 89.9 Å². The second-order valence-corrected chi connectivity index (χ2v) is 24.3. The lowest BCUT2D eigenvalue weighted by molar-refractivity contribution is -0.379. The number of aliphatic hydroxyl groups excluding tert-OH is 11. The zero-order valence-electron chi connectivity index (χ0n) is 51.9. The summed E-state index contributed by atoms with van der Waals surface area (Å²) in [6.45, 7) is 1.75. The maximum absolute atomic E-state index is 13.4. The van der Waals surface area contributed by atoms with Crippen molar-refractivity contribution in [2.75, 3.05) is 26.4 Å². The minimum atomic E-state index is -1.98. The molecule has 0 aromatic rings. The van der Waals surface area contributed by atoms with Gasteiger partial charge in [0.2, 0.25) is 5.91 Å². The molecule has 0 spiro atoms. The van der Waals surface area contributed by atoms with E-state index in [-0.39, 0.29) is 18.9 Å². The molecule has 84 heavy (non-hydrogen) atoms. The van der Waals surface area contributed by atoms with Gasteiger partial charge in [0.15, 0.2) is 18.9 Å². The number of hydrogen-bond donors (Lipinski definition) is 12. The summed E-state index contributed by atoms with van der Waals surface area (Å²) < 4.78 is 34.3. The lowest BCUT2D eigenvalue weighted by Gasteiger charge is -2.48. The lowest BCUT2D eigenvalue weighted by Crippen LogP contribution is -2.66. The Bertz CT molecular complexity index is 1630. The topological polar surface area (TPSA) is 307 Å². The third kappa shape index (κ3) is 30.7. The van der Waals surface area contributed by atoms with Crippen molar-refractivity contribution in [3.63, 3.8) is 0 Å². The number of aliphatic hydroxyl groups is 11. The minimum Gasteiger partial charge on any atom is -0.394 e. The Hall–Kier alpha value is -1.73. The average Bonchev–Trinajstić information content (AvgIpc) is 2.76. The van der Waals surface area contributed by atoms with E-state index < -0.39 is 124 Å². The van der Waals surface area contributed by atoms with Gasteiger partial charge in [-0.3, -0.25) is 4.79 Å². The first kappa shape index (κ1) is 76.5. The van der Waals surface area contributed by atoms with Crippen LogP contribution in [0.25, 0.3) is 0 Å². The number of amides is 1. The van der Waals surface area contributed by atoms with Gasteiger partial charge in [-0.15, -0.1) is 0 Å². The summed E-state index contributed by atoms with van der Waals surface area (Å²) in [4.78, 5) is 13.4. The molecule has 3 aliphatic heterocycles. The summed E-state index contributed by atoms with van der Waals surface area (Å²) in [5.41, 5.74) is 0. The molecule has 19 heteroatoms. The third-order valence-electron chi connectivity index (χ3n) is 17.0. The molecule has 0 aromatic carbocycles. The molecule has 494 valence electrons. The van der Waals surface area contributed by atoms with Gasteiger partial charge in [-0.05, 0) is 44.9 Å². The molecule has 12 N–H and O–H groups in total. The van der Waals surface area contributed by atoms with Crippen molar-refractivity contribution in [1.82, 2.24) is 5.32 Å². The summed E-state index contributed by atoms with van der Waals surface area (Å²) >= 11 is 0. The molecule has 1 amide bonds. The highest BCUT2D eigenvalue weighted by atomic mass is 16.8. The van der Waals surface area contributed by atoms with E-state index in [9.17, 15) is 61.0 Å². The van der Waals surface area contributed by atoms with Crippen LogP contribution in [0.1, 0.15) is 251 Å². The molecule has 17 unspecified atom stereocenters. The van der Waals surface area contributed by atoms with E-state index in [0.717, 1.165) is 51.4 Å². The second-order valence-electron chi connectivity index (χ2n) is 24.3. The predicted molar refractivity (Wildman–Crippen MR) is 323 cm³/mol. The summed E-state index contributed by atoms with van der Waals surface area (Å²) in [5.74, 6) is -0.275. The molecule has 17 atom stereocenters. The standard InChI is InChI=1S/C65H121NO18/c1-3-5-7-9-11-13-15-17-19-21-23-24-25-27-29-31-33-35-37-39-41-43-53(71)66-48(49(70)42-40-38-36-34-32-30-28-26-22-20-18-16-14-12-10-8-6-4-2)47-79-63-59(77)56(74)61(51(45-68)81-63)84-65-60(78)57(75)62(52(46-69)82-65)83-64-58(76)55(73)54(72)50(44-67)80-64/h21,23,40,42,48-52,54-65,67-70,72-78H,3-20,22,24-39,41,43-47H2,1-2H3,(H,66,71)/b23-21-,42-40+. The normalized spacial score (nSPS) is 29.3. The number of ether oxygens (including phenoxy) is 6. The van der Waals surface area contributed by atoms with Crippen LogP contribution in [0, 0.1) is 0 Å². The van der Waals surface area contributed by atoms with E-state index in [1.165, 1.54) is 173 Å². The molecule has 3 aliphatic rings. The van der Waals surface area contributed by atoms with Gasteiger partial charge in [0.05, 0.1) is 38.6 Å². The quantitative estimate of drug-likeness (QED) is 0.0204. The molecule has 0 radical (unpaired) electrons. The minimum absolute atomic E-state index is 0.243. The number of allylic oxidation sites excluding steroid dienone is 3. The van der Waals surface area contributed by atoms with E-state index in [2.05, 4.69) is 31.3 Å². The van der Waals surface area contributed by atoms with E-state index in [1.807, 2.05) is 6.08 Å². The number of unbranched alkanes of at least 4 members (excludes halogenated alkanes) is 33. The van der Waals surface area contributed by atoms with E-state index in [4.69, 9.17) is 28.4 Å². The molecule has 3 heterocycles. The van der Waals surface area contributed by atoms with Crippen LogP contribution in [0.4, 0.5) is 0 Å². The summed E-state index contributed by atoms with van der Waals surface area (Å²) in [7, 11) is 0. The Kier molecular flexibility index (Phi) is 43.9. The van der Waals surface area contributed by atoms with Gasteiger partial charge in [0.25, 0.3) is 0 Å². The third-order valence-corrected chi connectivity index (χ3v) is 17.0. The van der Waals surface area contributed by atoms with Gasteiger partial charge in [-0.2, -0.15) is 0 Å². The molecule has 3 rings (SSSR count). The SMILES string of the molecule is CCCCCCCCCC/C=C\CCCCCCCCCCCC(=O)NC(COC1OC(CO)C(OC2OC(CO)C(OC3OC(CO)C(O)C(O)C3O)C(O)C2O)C(O)C1O)C(O)/C=C/CCCCCCCCCCCCCCCCCC. The first-order valence-corrected chi connectivity index (χ1v) is 33.6. The van der Waals surface area contributed by atoms with E-state index in [0.29, 0.717) is 6.42 Å². The Balaban J connectivity index is 1.46. The monoisotopic (exact) mass is 1200 g/mol. The zero-order valence-corrected chi connectivity index (χ0v) is 51.9. The fourth-order valence-corrected chi connectivity index (χ4v) is 11.5. The van der Waals surface area contributed by atoms with Crippen LogP contribution >= 0.6 is 0 Å². The highest BCUT2D eigenvalue weighted by Gasteiger charge is 2.53. The van der Waals surface area contributed by atoms with Crippen molar-refractivity contribution < 1.29 is 89.4 Å². The van der Waals surface area contributed by atoms with Crippen molar-refractivity contribution in [3.05, 3.63) is 24.3 Å². The first-order valence-electron chi connectivity index (χ1n) is 33.6. The first-order chi connectivity index (χ1) is 40.8. The highest BCUT2D eigenvalue weighted by molar-refractivity contribution is 5.76. The Morgan fingerprint density at radius 2 is 0.750 bits per heavy atom. The van der Waals surface area contributed by atoms with Crippen molar-refractivity contribution in [1.29, 1.82) is 0 Å². The molecule has 0 bridgehead atoms. The van der Waals surface area contributed by atoms with Crippen LogP contribution in [-0.4, -0.2) is 193 Å². The molecule has 3 fully saturated rings. The largest absolute Gasteiger partial charge is 0.394 e. The van der Waals surface area contributed by atoms with Crippen molar-refractivity contribution in [3.8, 4) is 0 Å². The van der Waals surface area contributed by atoms with E-state index >= 15 is 0 Å². The molecule has 0 saturated carbocycles.